The van der Waals surface area contributed by atoms with Gasteiger partial charge in [-0.05, 0) is 54.7 Å². The van der Waals surface area contributed by atoms with Gasteiger partial charge < -0.3 is 4.74 Å². The van der Waals surface area contributed by atoms with Crippen molar-refractivity contribution < 1.29 is 9.53 Å². The van der Waals surface area contributed by atoms with E-state index < -0.39 is 0 Å². The third-order valence-electron chi connectivity index (χ3n) is 4.38. The number of hydrogen-bond acceptors (Lipinski definition) is 2. The summed E-state index contributed by atoms with van der Waals surface area (Å²) in [6.07, 6.45) is 8.59. The average Bonchev–Trinajstić information content (AvgIpc) is 2.63. The molecule has 25 heavy (non-hydrogen) atoms. The van der Waals surface area contributed by atoms with Gasteiger partial charge in [-0.3, -0.25) is 0 Å². The standard InChI is InChI=1S/C23H28O2/c1-4-5-6-7-16-25-23(24)22-14-12-20(13-15-22)10-11-21-9-8-18(2)19(3)17-21/h8-15,17H,4-7,16H2,1-3H3/b11-10+. The molecule has 0 unspecified atom stereocenters. The van der Waals surface area contributed by atoms with Crippen molar-refractivity contribution >= 4 is 18.1 Å². The first kappa shape index (κ1) is 19.0. The summed E-state index contributed by atoms with van der Waals surface area (Å²) in [6.45, 7) is 6.91. The molecule has 132 valence electrons. The van der Waals surface area contributed by atoms with E-state index >= 15 is 0 Å². The van der Waals surface area contributed by atoms with Crippen LogP contribution < -0.4 is 0 Å². The Kier molecular flexibility index (Phi) is 7.46. The number of carbonyl (C=O) groups is 1. The van der Waals surface area contributed by atoms with Crippen LogP contribution in [0.15, 0.2) is 42.5 Å². The van der Waals surface area contributed by atoms with E-state index in [-0.39, 0.29) is 5.97 Å². The molecular weight excluding hydrogens is 308 g/mol. The predicted octanol–water partition coefficient (Wildman–Crippen LogP) is 6.21. The van der Waals surface area contributed by atoms with Gasteiger partial charge >= 0.3 is 5.97 Å². The lowest BCUT2D eigenvalue weighted by Gasteiger charge is -2.05. The molecule has 0 aliphatic heterocycles. The molecule has 2 rings (SSSR count). The Morgan fingerprint density at radius 3 is 2.24 bits per heavy atom. The van der Waals surface area contributed by atoms with E-state index in [1.54, 1.807) is 0 Å². The van der Waals surface area contributed by atoms with Crippen LogP contribution in [0.4, 0.5) is 0 Å². The predicted molar refractivity (Wildman–Crippen MR) is 106 cm³/mol. The second-order valence-electron chi connectivity index (χ2n) is 6.50. The van der Waals surface area contributed by atoms with Crippen LogP contribution in [0.25, 0.3) is 12.2 Å². The Morgan fingerprint density at radius 2 is 1.56 bits per heavy atom. The normalized spacial score (nSPS) is 11.0. The molecule has 0 saturated carbocycles. The van der Waals surface area contributed by atoms with Crippen LogP contribution in [0.2, 0.25) is 0 Å². The van der Waals surface area contributed by atoms with Crippen molar-refractivity contribution in [1.29, 1.82) is 0 Å². The van der Waals surface area contributed by atoms with Crippen molar-refractivity contribution in [2.24, 2.45) is 0 Å². The highest BCUT2D eigenvalue weighted by atomic mass is 16.5. The topological polar surface area (TPSA) is 26.3 Å². The summed E-state index contributed by atoms with van der Waals surface area (Å²) in [5.74, 6) is -0.235. The summed E-state index contributed by atoms with van der Waals surface area (Å²) in [5.41, 5.74) is 5.45. The first-order valence-electron chi connectivity index (χ1n) is 9.12. The summed E-state index contributed by atoms with van der Waals surface area (Å²) in [7, 11) is 0. The van der Waals surface area contributed by atoms with Crippen molar-refractivity contribution in [3.63, 3.8) is 0 Å². The van der Waals surface area contributed by atoms with E-state index in [9.17, 15) is 4.79 Å². The molecule has 0 atom stereocenters. The number of aryl methyl sites for hydroxylation is 2. The number of rotatable bonds is 8. The molecule has 2 nitrogen and oxygen atoms in total. The summed E-state index contributed by atoms with van der Waals surface area (Å²) in [4.78, 5) is 12.0. The molecule has 0 aromatic heterocycles. The molecule has 0 amide bonds. The minimum absolute atomic E-state index is 0.235. The summed E-state index contributed by atoms with van der Waals surface area (Å²) in [5, 5.41) is 0. The highest BCUT2D eigenvalue weighted by molar-refractivity contribution is 5.89. The number of benzene rings is 2. The van der Waals surface area contributed by atoms with Crippen molar-refractivity contribution in [1.82, 2.24) is 0 Å². The molecular formula is C23H28O2. The van der Waals surface area contributed by atoms with Crippen LogP contribution in [0.1, 0.15) is 65.2 Å². The molecule has 0 aliphatic carbocycles. The van der Waals surface area contributed by atoms with Gasteiger partial charge in [-0.2, -0.15) is 0 Å². The van der Waals surface area contributed by atoms with Gasteiger partial charge in [0.2, 0.25) is 0 Å². The van der Waals surface area contributed by atoms with Crippen LogP contribution in [0.3, 0.4) is 0 Å². The number of esters is 1. The summed E-state index contributed by atoms with van der Waals surface area (Å²) >= 11 is 0. The smallest absolute Gasteiger partial charge is 0.338 e. The zero-order chi connectivity index (χ0) is 18.1. The Balaban J connectivity index is 1.89. The van der Waals surface area contributed by atoms with Gasteiger partial charge in [0.05, 0.1) is 12.2 Å². The van der Waals surface area contributed by atoms with Crippen LogP contribution in [0.5, 0.6) is 0 Å². The molecule has 0 heterocycles. The van der Waals surface area contributed by atoms with Crippen molar-refractivity contribution in [3.8, 4) is 0 Å². The largest absolute Gasteiger partial charge is 0.462 e. The number of ether oxygens (including phenoxy) is 1. The van der Waals surface area contributed by atoms with Gasteiger partial charge in [-0.15, -0.1) is 0 Å². The quantitative estimate of drug-likeness (QED) is 0.325. The third-order valence-corrected chi connectivity index (χ3v) is 4.38. The molecule has 0 bridgehead atoms. The zero-order valence-electron chi connectivity index (χ0n) is 15.5. The Bertz CT molecular complexity index is 711. The van der Waals surface area contributed by atoms with E-state index in [1.807, 2.05) is 24.3 Å². The van der Waals surface area contributed by atoms with E-state index in [4.69, 9.17) is 4.74 Å². The summed E-state index contributed by atoms with van der Waals surface area (Å²) < 4.78 is 5.31. The Morgan fingerprint density at radius 1 is 0.880 bits per heavy atom. The van der Waals surface area contributed by atoms with Crippen molar-refractivity contribution in [2.45, 2.75) is 46.5 Å². The molecule has 0 aliphatic rings. The SMILES string of the molecule is CCCCCCOC(=O)c1ccc(/C=C/c2ccc(C)c(C)c2)cc1. The van der Waals surface area contributed by atoms with Crippen LogP contribution in [0, 0.1) is 13.8 Å². The minimum atomic E-state index is -0.235. The molecule has 0 saturated heterocycles. The van der Waals surface area contributed by atoms with Crippen LogP contribution in [-0.2, 0) is 4.74 Å². The second kappa shape index (κ2) is 9.83. The number of unbranched alkanes of at least 4 members (excludes halogenated alkanes) is 3. The molecule has 0 spiro atoms. The molecule has 0 fully saturated rings. The van der Waals surface area contributed by atoms with E-state index in [0.717, 1.165) is 18.4 Å². The minimum Gasteiger partial charge on any atom is -0.462 e. The average molecular weight is 336 g/mol. The first-order chi connectivity index (χ1) is 12.1. The third kappa shape index (κ3) is 6.22. The molecule has 2 aromatic rings. The molecule has 0 radical (unpaired) electrons. The van der Waals surface area contributed by atoms with Gasteiger partial charge in [-0.1, -0.05) is 68.7 Å². The Labute approximate surface area is 151 Å². The lowest BCUT2D eigenvalue weighted by molar-refractivity contribution is 0.0498. The fourth-order valence-electron chi connectivity index (χ4n) is 2.57. The summed E-state index contributed by atoms with van der Waals surface area (Å²) in [6, 6.07) is 14.0. The molecule has 2 heteroatoms. The van der Waals surface area contributed by atoms with Crippen molar-refractivity contribution in [3.05, 3.63) is 70.3 Å². The van der Waals surface area contributed by atoms with E-state index in [1.165, 1.54) is 29.5 Å². The van der Waals surface area contributed by atoms with Crippen LogP contribution >= 0.6 is 0 Å². The zero-order valence-corrected chi connectivity index (χ0v) is 15.5. The van der Waals surface area contributed by atoms with Gasteiger partial charge in [0.15, 0.2) is 0 Å². The highest BCUT2D eigenvalue weighted by Crippen LogP contribution is 2.14. The van der Waals surface area contributed by atoms with Gasteiger partial charge in [0.25, 0.3) is 0 Å². The fraction of sp³-hybridized carbons (Fsp3) is 0.348. The van der Waals surface area contributed by atoms with Gasteiger partial charge in [0.1, 0.15) is 0 Å². The Hall–Kier alpha value is -2.35. The molecule has 2 aromatic carbocycles. The van der Waals surface area contributed by atoms with Crippen LogP contribution in [-0.4, -0.2) is 12.6 Å². The number of carbonyl (C=O) groups excluding carboxylic acids is 1. The van der Waals surface area contributed by atoms with E-state index in [2.05, 4.69) is 51.1 Å². The first-order valence-corrected chi connectivity index (χ1v) is 9.12. The van der Waals surface area contributed by atoms with Crippen molar-refractivity contribution in [2.75, 3.05) is 6.61 Å². The van der Waals surface area contributed by atoms with Gasteiger partial charge in [0, 0.05) is 0 Å². The maximum Gasteiger partial charge on any atom is 0.338 e. The monoisotopic (exact) mass is 336 g/mol. The molecule has 0 N–H and O–H groups in total. The maximum absolute atomic E-state index is 12.0. The lowest BCUT2D eigenvalue weighted by atomic mass is 10.0. The van der Waals surface area contributed by atoms with Gasteiger partial charge in [-0.25, -0.2) is 4.79 Å². The number of hydrogen-bond donors (Lipinski definition) is 0. The lowest BCUT2D eigenvalue weighted by Crippen LogP contribution is -2.06. The fourth-order valence-corrected chi connectivity index (χ4v) is 2.57. The maximum atomic E-state index is 12.0. The highest BCUT2D eigenvalue weighted by Gasteiger charge is 2.06. The van der Waals surface area contributed by atoms with E-state index in [0.29, 0.717) is 12.2 Å². The second-order valence-corrected chi connectivity index (χ2v) is 6.50.